The number of anilines is 1. The number of amides is 1. The van der Waals surface area contributed by atoms with Crippen molar-refractivity contribution in [2.24, 2.45) is 0 Å². The Kier molecular flexibility index (Phi) is 8.27. The minimum absolute atomic E-state index is 0.103. The van der Waals surface area contributed by atoms with Gasteiger partial charge in [0, 0.05) is 46.8 Å². The average Bonchev–Trinajstić information content (AvgIpc) is 2.92. The van der Waals surface area contributed by atoms with E-state index < -0.39 is 34.6 Å². The quantitative estimate of drug-likeness (QED) is 0.241. The molecule has 224 valence electrons. The summed E-state index contributed by atoms with van der Waals surface area (Å²) in [4.78, 5) is 34.4. The van der Waals surface area contributed by atoms with E-state index >= 15 is 0 Å². The molecule has 0 spiro atoms. The monoisotopic (exact) mass is 612 g/mol. The van der Waals surface area contributed by atoms with Gasteiger partial charge in [-0.25, -0.2) is 9.18 Å². The molecule has 15 heteroatoms. The summed E-state index contributed by atoms with van der Waals surface area (Å²) >= 11 is 1.22. The molecule has 2 aromatic carbocycles. The fourth-order valence-electron chi connectivity index (χ4n) is 5.96. The Balaban J connectivity index is 1.79. The Morgan fingerprint density at radius 1 is 1.16 bits per heavy atom. The Morgan fingerprint density at radius 2 is 1.79 bits per heavy atom. The van der Waals surface area contributed by atoms with Gasteiger partial charge < -0.3 is 14.5 Å². The van der Waals surface area contributed by atoms with Gasteiger partial charge in [-0.05, 0) is 49.0 Å². The van der Waals surface area contributed by atoms with Crippen LogP contribution in [0.25, 0.3) is 22.0 Å². The molecule has 0 radical (unpaired) electrons. The van der Waals surface area contributed by atoms with E-state index in [-0.39, 0.29) is 70.7 Å². The number of rotatable bonds is 6. The van der Waals surface area contributed by atoms with E-state index in [9.17, 15) is 27.2 Å². The maximum absolute atomic E-state index is 14.8. The number of aromatic nitrogens is 2. The summed E-state index contributed by atoms with van der Waals surface area (Å²) in [6.45, 7) is 7.94. The van der Waals surface area contributed by atoms with Crippen LogP contribution in [0.5, 0.6) is 0 Å². The lowest BCUT2D eigenvalue weighted by atomic mass is 9.52. The van der Waals surface area contributed by atoms with E-state index in [0.29, 0.717) is 5.52 Å². The highest BCUT2D eigenvalue weighted by molar-refractivity contribution is 7.99. The van der Waals surface area contributed by atoms with Crippen molar-refractivity contribution < 1.29 is 27.1 Å². The molecule has 0 bridgehead atoms. The molecule has 0 N–H and O–H groups in total. The minimum atomic E-state index is -4.75. The van der Waals surface area contributed by atoms with Crippen molar-refractivity contribution in [3.8, 4) is 11.1 Å². The fourth-order valence-corrected chi connectivity index (χ4v) is 7.28. The summed E-state index contributed by atoms with van der Waals surface area (Å²) < 4.78 is 65.7. The number of nitrogens with zero attached hydrogens (tertiary/aromatic N) is 4. The molecule has 2 aliphatic heterocycles. The number of alkyl halides is 3. The predicted molar refractivity (Wildman–Crippen MR) is 169 cm³/mol. The van der Waals surface area contributed by atoms with Gasteiger partial charge in [-0.2, -0.15) is 18.2 Å². The average molecular weight is 612 g/mol. The molecule has 0 unspecified atom stereocenters. The van der Waals surface area contributed by atoms with Gasteiger partial charge in [0.2, 0.25) is 5.91 Å². The molecule has 1 fully saturated rings. The van der Waals surface area contributed by atoms with Crippen molar-refractivity contribution in [2.75, 3.05) is 30.3 Å². The molecule has 1 saturated heterocycles. The van der Waals surface area contributed by atoms with E-state index in [0.717, 1.165) is 18.2 Å². The normalized spacial score (nSPS) is 20.8. The first-order valence-corrected chi connectivity index (χ1v) is 15.0. The molecule has 1 amide bonds. The second-order valence-corrected chi connectivity index (χ2v) is 13.1. The van der Waals surface area contributed by atoms with Gasteiger partial charge in [-0.15, -0.1) is 11.8 Å². The van der Waals surface area contributed by atoms with Gasteiger partial charge in [0.1, 0.15) is 35.2 Å². The number of carbonyl (C=O) groups is 1. The topological polar surface area (TPSA) is 67.7 Å². The lowest BCUT2D eigenvalue weighted by molar-refractivity contribution is -0.137. The second kappa shape index (κ2) is 11.4. The summed E-state index contributed by atoms with van der Waals surface area (Å²) in [6.07, 6.45) is -3.52. The Labute approximate surface area is 253 Å². The zero-order chi connectivity index (χ0) is 31.4. The molecule has 0 saturated carbocycles. The number of hydrogen-bond donors (Lipinski definition) is 0. The van der Waals surface area contributed by atoms with Crippen molar-refractivity contribution in [1.82, 2.24) is 14.5 Å². The first-order valence-electron chi connectivity index (χ1n) is 14.0. The lowest BCUT2D eigenvalue weighted by Gasteiger charge is -2.45. The molecule has 3 heterocycles. The number of halogens is 4. The molecule has 7 nitrogen and oxygen atoms in total. The van der Waals surface area contributed by atoms with Gasteiger partial charge in [0.15, 0.2) is 0 Å². The van der Waals surface area contributed by atoms with E-state index in [1.165, 1.54) is 34.5 Å². The Morgan fingerprint density at radius 3 is 2.35 bits per heavy atom. The molecule has 1 aromatic heterocycles. The van der Waals surface area contributed by atoms with Crippen molar-refractivity contribution in [3.05, 3.63) is 64.9 Å². The van der Waals surface area contributed by atoms with Crippen LogP contribution >= 0.6 is 11.8 Å². The molecule has 3 aromatic rings. The molecular formula is C28H31B3F4N4O3S. The van der Waals surface area contributed by atoms with Crippen molar-refractivity contribution in [2.45, 2.75) is 48.3 Å². The first kappa shape index (κ1) is 31.2. The first-order chi connectivity index (χ1) is 20.1. The minimum Gasteiger partial charge on any atom is -0.399 e. The standard InChI is InChI=1S/C28H31B3F4N4O3S/c1-4-21(40)38-14(2)10-37(11-15(38)3)25-19-9-20(27(33,34)35)22(16-5-7-17(32)8-6-16)24-23(19)39(26(41)36-25)18(13-43-24)12-42-28(29,30)31/h4-9,14-15,18H,1,10-13,29-31H2,2-3H3/t14-,15+,18-/m0/s1. The van der Waals surface area contributed by atoms with Gasteiger partial charge in [0.05, 0.1) is 23.7 Å². The lowest BCUT2D eigenvalue weighted by Crippen LogP contribution is -2.58. The van der Waals surface area contributed by atoms with Crippen molar-refractivity contribution in [1.29, 1.82) is 0 Å². The highest BCUT2D eigenvalue weighted by Crippen LogP contribution is 2.50. The number of thioether (sulfide) groups is 1. The highest BCUT2D eigenvalue weighted by Gasteiger charge is 2.40. The zero-order valence-electron chi connectivity index (χ0n) is 24.7. The number of carbonyl (C=O) groups excluding carboxylic acids is 1. The summed E-state index contributed by atoms with van der Waals surface area (Å²) in [5.74, 6) is -0.396. The third kappa shape index (κ3) is 5.98. The Bertz CT molecular complexity index is 1630. The van der Waals surface area contributed by atoms with E-state index in [1.807, 2.05) is 37.4 Å². The largest absolute Gasteiger partial charge is 0.417 e. The van der Waals surface area contributed by atoms with Crippen LogP contribution in [0.3, 0.4) is 0 Å². The summed E-state index contributed by atoms with van der Waals surface area (Å²) in [7, 11) is 5.66. The van der Waals surface area contributed by atoms with Crippen LogP contribution in [0, 0.1) is 5.82 Å². The summed E-state index contributed by atoms with van der Waals surface area (Å²) in [5.41, 5.74) is -1.06. The van der Waals surface area contributed by atoms with E-state index in [1.54, 1.807) is 9.80 Å². The number of ether oxygens (including phenoxy) is 1. The number of hydrogen-bond acceptors (Lipinski definition) is 6. The number of piperazine rings is 1. The van der Waals surface area contributed by atoms with E-state index in [2.05, 4.69) is 11.6 Å². The third-order valence-electron chi connectivity index (χ3n) is 7.72. The fraction of sp³-hybridized carbons (Fsp3) is 0.393. The third-order valence-corrected chi connectivity index (χ3v) is 8.96. The van der Waals surface area contributed by atoms with Gasteiger partial charge in [-0.3, -0.25) is 9.36 Å². The molecule has 3 atom stereocenters. The number of benzene rings is 2. The smallest absolute Gasteiger partial charge is 0.399 e. The predicted octanol–water partition coefficient (Wildman–Crippen LogP) is 2.01. The van der Waals surface area contributed by atoms with Crippen LogP contribution in [-0.2, 0) is 15.7 Å². The highest BCUT2D eigenvalue weighted by atomic mass is 32.2. The second-order valence-electron chi connectivity index (χ2n) is 12.1. The SMILES string of the molecule is BC(B)(B)OC[C@H]1CSc2c(-c3ccc(F)cc3)c(C(F)(F)F)cc3c(N4C[C@@H](C)N(C(=O)C=C)[C@@H](C)C4)nc(=O)n1c23. The van der Waals surface area contributed by atoms with Crippen LogP contribution in [-0.4, -0.2) is 86.7 Å². The molecule has 43 heavy (non-hydrogen) atoms. The van der Waals surface area contributed by atoms with Crippen LogP contribution in [0.2, 0.25) is 0 Å². The Hall–Kier alpha value is -3.19. The van der Waals surface area contributed by atoms with Crippen LogP contribution in [0.4, 0.5) is 23.4 Å². The maximum Gasteiger partial charge on any atom is 0.417 e. The van der Waals surface area contributed by atoms with Crippen LogP contribution in [0.15, 0.2) is 52.7 Å². The van der Waals surface area contributed by atoms with Crippen LogP contribution < -0.4 is 10.6 Å². The zero-order valence-corrected chi connectivity index (χ0v) is 25.5. The summed E-state index contributed by atoms with van der Waals surface area (Å²) in [5, 5.41) is -0.321. The van der Waals surface area contributed by atoms with Gasteiger partial charge in [-0.1, -0.05) is 18.7 Å². The molecule has 2 aliphatic rings. The van der Waals surface area contributed by atoms with Crippen molar-refractivity contribution >= 4 is 57.9 Å². The van der Waals surface area contributed by atoms with Crippen LogP contribution in [0.1, 0.15) is 25.5 Å². The van der Waals surface area contributed by atoms with E-state index in [4.69, 9.17) is 4.74 Å². The van der Waals surface area contributed by atoms with Gasteiger partial charge in [0.25, 0.3) is 0 Å². The van der Waals surface area contributed by atoms with Gasteiger partial charge >= 0.3 is 11.9 Å². The molecule has 0 aliphatic carbocycles. The maximum atomic E-state index is 14.8. The molecular weight excluding hydrogens is 581 g/mol. The van der Waals surface area contributed by atoms with Crippen molar-refractivity contribution in [3.63, 3.8) is 0 Å². The summed E-state index contributed by atoms with van der Waals surface area (Å²) in [6, 6.07) is 4.83. The molecule has 5 rings (SSSR count).